The molecule has 0 radical (unpaired) electrons. The van der Waals surface area contributed by atoms with Crippen LogP contribution in [0.4, 0.5) is 0 Å². The van der Waals surface area contributed by atoms with Gasteiger partial charge in [0.2, 0.25) is 5.91 Å². The van der Waals surface area contributed by atoms with Gasteiger partial charge in [-0.3, -0.25) is 4.79 Å². The molecule has 5 nitrogen and oxygen atoms in total. The number of nitrogens with one attached hydrogen (secondary N) is 2. The van der Waals surface area contributed by atoms with Crippen molar-refractivity contribution >= 4 is 5.91 Å². The Labute approximate surface area is 120 Å². The zero-order chi connectivity index (χ0) is 15.0. The Hall–Kier alpha value is -1.75. The molecule has 0 aliphatic heterocycles. The maximum absolute atomic E-state index is 11.4. The second-order valence-corrected chi connectivity index (χ2v) is 4.82. The summed E-state index contributed by atoms with van der Waals surface area (Å²) in [5.41, 5.74) is 0.783. The predicted molar refractivity (Wildman–Crippen MR) is 78.8 cm³/mol. The first-order valence-corrected chi connectivity index (χ1v) is 6.98. The van der Waals surface area contributed by atoms with Crippen LogP contribution in [0.15, 0.2) is 18.2 Å². The molecule has 0 bridgehead atoms. The first kappa shape index (κ1) is 16.3. The van der Waals surface area contributed by atoms with E-state index in [1.165, 1.54) is 0 Å². The van der Waals surface area contributed by atoms with E-state index in [1.54, 1.807) is 6.07 Å². The highest BCUT2D eigenvalue weighted by Crippen LogP contribution is 2.29. The van der Waals surface area contributed by atoms with E-state index in [0.717, 1.165) is 5.56 Å². The fourth-order valence-corrected chi connectivity index (χ4v) is 1.68. The maximum Gasteiger partial charge on any atom is 0.222 e. The second-order valence-electron chi connectivity index (χ2n) is 4.82. The molecule has 0 saturated carbocycles. The Morgan fingerprint density at radius 3 is 2.75 bits per heavy atom. The van der Waals surface area contributed by atoms with E-state index in [4.69, 9.17) is 4.74 Å². The third-order valence-corrected chi connectivity index (χ3v) is 2.82. The third-order valence-electron chi connectivity index (χ3n) is 2.82. The monoisotopic (exact) mass is 280 g/mol. The predicted octanol–water partition coefficient (Wildman–Crippen LogP) is 1.65. The van der Waals surface area contributed by atoms with Gasteiger partial charge in [0.05, 0.1) is 6.61 Å². The molecule has 0 heterocycles. The van der Waals surface area contributed by atoms with Crippen LogP contribution in [0.2, 0.25) is 0 Å². The average molecular weight is 280 g/mol. The number of phenols is 1. The van der Waals surface area contributed by atoms with E-state index in [9.17, 15) is 9.90 Å². The fraction of sp³-hybridized carbons (Fsp3) is 0.533. The summed E-state index contributed by atoms with van der Waals surface area (Å²) in [5, 5.41) is 16.0. The molecule has 0 aromatic heterocycles. The van der Waals surface area contributed by atoms with Crippen molar-refractivity contribution in [2.45, 2.75) is 27.3 Å². The number of benzene rings is 1. The van der Waals surface area contributed by atoms with Crippen LogP contribution in [-0.4, -0.2) is 30.7 Å². The molecule has 0 saturated heterocycles. The Bertz CT molecular complexity index is 433. The van der Waals surface area contributed by atoms with Gasteiger partial charge in [0, 0.05) is 31.1 Å². The van der Waals surface area contributed by atoms with Crippen molar-refractivity contribution in [1.82, 2.24) is 10.6 Å². The SMILES string of the molecule is CCOc1cccc(CNCCNC(=O)C(C)C)c1O. The molecule has 0 aliphatic rings. The van der Waals surface area contributed by atoms with E-state index in [1.807, 2.05) is 32.9 Å². The number of carbonyl (C=O) groups excluding carboxylic acids is 1. The van der Waals surface area contributed by atoms with E-state index < -0.39 is 0 Å². The summed E-state index contributed by atoms with van der Waals surface area (Å²) in [6, 6.07) is 5.44. The first-order chi connectivity index (χ1) is 9.56. The molecule has 0 spiro atoms. The summed E-state index contributed by atoms with van der Waals surface area (Å²) in [6.07, 6.45) is 0. The molecule has 1 amide bonds. The van der Waals surface area contributed by atoms with Crippen LogP contribution in [-0.2, 0) is 11.3 Å². The van der Waals surface area contributed by atoms with Gasteiger partial charge in [-0.05, 0) is 13.0 Å². The van der Waals surface area contributed by atoms with Crippen LogP contribution in [0, 0.1) is 5.92 Å². The standard InChI is InChI=1S/C15H24N2O3/c1-4-20-13-7-5-6-12(14(13)18)10-16-8-9-17-15(19)11(2)3/h5-7,11,16,18H,4,8-10H2,1-3H3,(H,17,19). The number of phenolic OH excluding ortho intramolecular Hbond substituents is 1. The number of aromatic hydroxyl groups is 1. The van der Waals surface area contributed by atoms with Crippen molar-refractivity contribution in [3.63, 3.8) is 0 Å². The van der Waals surface area contributed by atoms with Crippen LogP contribution in [0.5, 0.6) is 11.5 Å². The molecular formula is C15H24N2O3. The minimum absolute atomic E-state index is 0.00178. The van der Waals surface area contributed by atoms with E-state index in [-0.39, 0.29) is 17.6 Å². The van der Waals surface area contributed by atoms with Crippen molar-refractivity contribution < 1.29 is 14.6 Å². The number of carbonyl (C=O) groups is 1. The fourth-order valence-electron chi connectivity index (χ4n) is 1.68. The smallest absolute Gasteiger partial charge is 0.222 e. The van der Waals surface area contributed by atoms with Crippen LogP contribution in [0.3, 0.4) is 0 Å². The van der Waals surface area contributed by atoms with Gasteiger partial charge in [-0.25, -0.2) is 0 Å². The summed E-state index contributed by atoms with van der Waals surface area (Å²) in [7, 11) is 0. The Kier molecular flexibility index (Phi) is 6.87. The summed E-state index contributed by atoms with van der Waals surface area (Å²) < 4.78 is 5.33. The molecule has 5 heteroatoms. The Morgan fingerprint density at radius 2 is 2.10 bits per heavy atom. The number of ether oxygens (including phenoxy) is 1. The summed E-state index contributed by atoms with van der Waals surface area (Å²) >= 11 is 0. The van der Waals surface area contributed by atoms with Crippen LogP contribution < -0.4 is 15.4 Å². The van der Waals surface area contributed by atoms with E-state index in [0.29, 0.717) is 32.0 Å². The summed E-state index contributed by atoms with van der Waals surface area (Å²) in [5.74, 6) is 0.725. The van der Waals surface area contributed by atoms with Crippen molar-refractivity contribution in [2.75, 3.05) is 19.7 Å². The highest BCUT2D eigenvalue weighted by atomic mass is 16.5. The largest absolute Gasteiger partial charge is 0.504 e. The lowest BCUT2D eigenvalue weighted by Gasteiger charge is -2.11. The van der Waals surface area contributed by atoms with Crippen LogP contribution in [0.25, 0.3) is 0 Å². The molecule has 0 fully saturated rings. The Morgan fingerprint density at radius 1 is 1.35 bits per heavy atom. The summed E-state index contributed by atoms with van der Waals surface area (Å²) in [6.45, 7) is 7.87. The van der Waals surface area contributed by atoms with Gasteiger partial charge in [0.15, 0.2) is 11.5 Å². The molecule has 0 aliphatic carbocycles. The van der Waals surface area contributed by atoms with Crippen LogP contribution in [0.1, 0.15) is 26.3 Å². The molecule has 1 rings (SSSR count). The molecular weight excluding hydrogens is 256 g/mol. The van der Waals surface area contributed by atoms with Crippen molar-refractivity contribution in [2.24, 2.45) is 5.92 Å². The molecule has 0 unspecified atom stereocenters. The molecule has 1 aromatic rings. The van der Waals surface area contributed by atoms with Gasteiger partial charge < -0.3 is 20.5 Å². The number of amides is 1. The average Bonchev–Trinajstić information content (AvgIpc) is 2.42. The zero-order valence-corrected chi connectivity index (χ0v) is 12.4. The highest BCUT2D eigenvalue weighted by Gasteiger charge is 2.08. The normalized spacial score (nSPS) is 10.6. The number of hydrogen-bond acceptors (Lipinski definition) is 4. The van der Waals surface area contributed by atoms with Gasteiger partial charge in [-0.1, -0.05) is 26.0 Å². The van der Waals surface area contributed by atoms with Crippen molar-refractivity contribution in [3.05, 3.63) is 23.8 Å². The van der Waals surface area contributed by atoms with Gasteiger partial charge in [0.25, 0.3) is 0 Å². The number of rotatable bonds is 8. The minimum atomic E-state index is 0.00178. The molecule has 112 valence electrons. The molecule has 3 N–H and O–H groups in total. The number of hydrogen-bond donors (Lipinski definition) is 3. The molecule has 0 atom stereocenters. The number of para-hydroxylation sites is 1. The van der Waals surface area contributed by atoms with Crippen LogP contribution >= 0.6 is 0 Å². The first-order valence-electron chi connectivity index (χ1n) is 6.98. The van der Waals surface area contributed by atoms with Gasteiger partial charge in [0.1, 0.15) is 0 Å². The van der Waals surface area contributed by atoms with E-state index >= 15 is 0 Å². The lowest BCUT2D eigenvalue weighted by molar-refractivity contribution is -0.123. The minimum Gasteiger partial charge on any atom is -0.504 e. The van der Waals surface area contributed by atoms with Crippen molar-refractivity contribution in [1.29, 1.82) is 0 Å². The topological polar surface area (TPSA) is 70.6 Å². The Balaban J connectivity index is 2.35. The van der Waals surface area contributed by atoms with Gasteiger partial charge >= 0.3 is 0 Å². The summed E-state index contributed by atoms with van der Waals surface area (Å²) in [4.78, 5) is 11.4. The van der Waals surface area contributed by atoms with Gasteiger partial charge in [-0.15, -0.1) is 0 Å². The highest BCUT2D eigenvalue weighted by molar-refractivity contribution is 5.77. The lowest BCUT2D eigenvalue weighted by atomic mass is 10.2. The molecule has 20 heavy (non-hydrogen) atoms. The second kappa shape index (κ2) is 8.43. The quantitative estimate of drug-likeness (QED) is 0.633. The lowest BCUT2D eigenvalue weighted by Crippen LogP contribution is -2.34. The third kappa shape index (κ3) is 5.09. The zero-order valence-electron chi connectivity index (χ0n) is 12.4. The van der Waals surface area contributed by atoms with E-state index in [2.05, 4.69) is 10.6 Å². The maximum atomic E-state index is 11.4. The van der Waals surface area contributed by atoms with Crippen molar-refractivity contribution in [3.8, 4) is 11.5 Å². The molecule has 1 aromatic carbocycles. The van der Waals surface area contributed by atoms with Gasteiger partial charge in [-0.2, -0.15) is 0 Å².